The zero-order chi connectivity index (χ0) is 50.0. The summed E-state index contributed by atoms with van der Waals surface area (Å²) in [6.07, 6.45) is 72.3. The van der Waals surface area contributed by atoms with Gasteiger partial charge in [0, 0.05) is 12.8 Å². The molecule has 0 rings (SSSR count). The third kappa shape index (κ3) is 55.5. The Morgan fingerprint density at radius 2 is 0.681 bits per heavy atom. The molecule has 0 saturated heterocycles. The van der Waals surface area contributed by atoms with Crippen molar-refractivity contribution in [1.82, 2.24) is 5.32 Å². The number of rotatable bonds is 58. The van der Waals surface area contributed by atoms with Crippen LogP contribution in [0.2, 0.25) is 0 Å². The van der Waals surface area contributed by atoms with Gasteiger partial charge in [0.2, 0.25) is 5.91 Å². The lowest BCUT2D eigenvalue weighted by Crippen LogP contribution is -2.45. The lowest BCUT2D eigenvalue weighted by atomic mass is 10.0. The average Bonchev–Trinajstić information content (AvgIpc) is 3.35. The Morgan fingerprint density at radius 3 is 1.03 bits per heavy atom. The summed E-state index contributed by atoms with van der Waals surface area (Å²) in [6, 6.07) is -0.625. The van der Waals surface area contributed by atoms with Crippen LogP contribution in [0.5, 0.6) is 0 Å². The van der Waals surface area contributed by atoms with E-state index in [1.165, 1.54) is 276 Å². The van der Waals surface area contributed by atoms with Crippen molar-refractivity contribution in [3.05, 3.63) is 24.3 Å². The monoisotopic (exact) mass is 972 g/mol. The van der Waals surface area contributed by atoms with E-state index < -0.39 is 12.1 Å². The van der Waals surface area contributed by atoms with E-state index in [4.69, 9.17) is 4.74 Å². The van der Waals surface area contributed by atoms with Gasteiger partial charge >= 0.3 is 5.97 Å². The number of aliphatic hydroxyl groups excluding tert-OH is 2. The van der Waals surface area contributed by atoms with Gasteiger partial charge < -0.3 is 20.3 Å². The highest BCUT2D eigenvalue weighted by Crippen LogP contribution is 2.17. The van der Waals surface area contributed by atoms with Crippen molar-refractivity contribution in [1.29, 1.82) is 0 Å². The molecule has 1 amide bonds. The van der Waals surface area contributed by atoms with Crippen molar-refractivity contribution in [2.45, 2.75) is 353 Å². The summed E-state index contributed by atoms with van der Waals surface area (Å²) < 4.78 is 5.48. The summed E-state index contributed by atoms with van der Waals surface area (Å²) in [4.78, 5) is 24.4. The van der Waals surface area contributed by atoms with Gasteiger partial charge in [0.15, 0.2) is 0 Å². The van der Waals surface area contributed by atoms with Crippen LogP contribution < -0.4 is 5.32 Å². The van der Waals surface area contributed by atoms with Crippen molar-refractivity contribution >= 4 is 11.9 Å². The van der Waals surface area contributed by atoms with Gasteiger partial charge in [-0.3, -0.25) is 9.59 Å². The molecule has 6 heteroatoms. The summed E-state index contributed by atoms with van der Waals surface area (Å²) in [7, 11) is 0. The number of esters is 1. The summed E-state index contributed by atoms with van der Waals surface area (Å²) in [5.41, 5.74) is 0. The van der Waals surface area contributed by atoms with Crippen LogP contribution in [-0.2, 0) is 14.3 Å². The van der Waals surface area contributed by atoms with Crippen LogP contribution in [0.4, 0.5) is 0 Å². The average molecular weight is 973 g/mol. The second-order valence-electron chi connectivity index (χ2n) is 21.4. The quantitative estimate of drug-likeness (QED) is 0.0321. The summed E-state index contributed by atoms with van der Waals surface area (Å²) >= 11 is 0. The lowest BCUT2D eigenvalue weighted by molar-refractivity contribution is -0.143. The van der Waals surface area contributed by atoms with Crippen LogP contribution in [0.15, 0.2) is 24.3 Å². The molecule has 0 heterocycles. The normalized spacial score (nSPS) is 12.7. The number of allylic oxidation sites excluding steroid dienone is 3. The maximum Gasteiger partial charge on any atom is 0.305 e. The second-order valence-corrected chi connectivity index (χ2v) is 21.4. The second kappa shape index (κ2) is 58.9. The Bertz CT molecular complexity index is 1080. The molecule has 0 aliphatic carbocycles. The number of amides is 1. The third-order valence-corrected chi connectivity index (χ3v) is 14.5. The Kier molecular flexibility index (Phi) is 57.5. The van der Waals surface area contributed by atoms with Gasteiger partial charge in [-0.1, -0.05) is 295 Å². The minimum atomic E-state index is -0.842. The molecular formula is C63H121NO5. The molecule has 3 N–H and O–H groups in total. The van der Waals surface area contributed by atoms with Crippen LogP contribution in [0.3, 0.4) is 0 Å². The Balaban J connectivity index is 3.36. The minimum absolute atomic E-state index is 0.0169. The molecule has 2 unspecified atom stereocenters. The fraction of sp³-hybridized carbons (Fsp3) is 0.905. The predicted octanol–water partition coefficient (Wildman–Crippen LogP) is 19.4. The predicted molar refractivity (Wildman–Crippen MR) is 301 cm³/mol. The number of hydrogen-bond acceptors (Lipinski definition) is 5. The third-order valence-electron chi connectivity index (χ3n) is 14.5. The van der Waals surface area contributed by atoms with Crippen LogP contribution in [0.1, 0.15) is 341 Å². The molecule has 0 fully saturated rings. The van der Waals surface area contributed by atoms with E-state index in [9.17, 15) is 19.8 Å². The highest BCUT2D eigenvalue weighted by molar-refractivity contribution is 5.76. The van der Waals surface area contributed by atoms with E-state index in [0.29, 0.717) is 19.4 Å². The number of aliphatic hydroxyl groups is 2. The molecular weight excluding hydrogens is 851 g/mol. The van der Waals surface area contributed by atoms with E-state index >= 15 is 0 Å². The molecule has 0 bridgehead atoms. The van der Waals surface area contributed by atoms with Crippen LogP contribution in [-0.4, -0.2) is 47.4 Å². The zero-order valence-electron chi connectivity index (χ0n) is 46.6. The van der Waals surface area contributed by atoms with Gasteiger partial charge in [-0.15, -0.1) is 0 Å². The first-order valence-electron chi connectivity index (χ1n) is 31.1. The number of carbonyl (C=O) groups is 2. The molecule has 0 aromatic heterocycles. The molecule has 0 aliphatic rings. The summed E-state index contributed by atoms with van der Waals surface area (Å²) in [5.74, 6) is -0.0505. The highest BCUT2D eigenvalue weighted by Gasteiger charge is 2.18. The lowest BCUT2D eigenvalue weighted by Gasteiger charge is -2.20. The van der Waals surface area contributed by atoms with Crippen molar-refractivity contribution in [2.24, 2.45) is 0 Å². The largest absolute Gasteiger partial charge is 0.466 e. The molecule has 6 nitrogen and oxygen atoms in total. The zero-order valence-corrected chi connectivity index (χ0v) is 46.6. The highest BCUT2D eigenvalue weighted by atomic mass is 16.5. The number of unbranched alkanes of at least 4 members (excludes halogenated alkanes) is 45. The van der Waals surface area contributed by atoms with Crippen molar-refractivity contribution in [3.63, 3.8) is 0 Å². The molecule has 0 aromatic rings. The first-order valence-corrected chi connectivity index (χ1v) is 31.1. The maximum atomic E-state index is 12.4. The van der Waals surface area contributed by atoms with Crippen LogP contribution in [0.25, 0.3) is 0 Å². The van der Waals surface area contributed by atoms with Gasteiger partial charge in [-0.25, -0.2) is 0 Å². The standard InChI is InChI=1S/C63H121NO5/c1-3-5-7-9-11-13-15-37-41-45-49-53-57-63(68)69-58-54-50-46-42-38-34-32-30-28-26-24-22-20-18-16-17-19-21-23-25-27-29-31-33-36-40-44-48-52-56-62(67)64-60(59-65)61(66)55-51-47-43-39-35-14-12-10-8-6-4-2/h16,18,51,55,60-61,65-66H,3-15,17,19-50,52-54,56-59H2,1-2H3,(H,64,67)/b18-16-,55-51+. The molecule has 0 saturated carbocycles. The van der Waals surface area contributed by atoms with E-state index in [1.54, 1.807) is 6.08 Å². The Labute approximate surface area is 431 Å². The van der Waals surface area contributed by atoms with E-state index in [0.717, 1.165) is 38.5 Å². The first kappa shape index (κ1) is 67.3. The molecule has 0 radical (unpaired) electrons. The molecule has 0 aromatic carbocycles. The molecule has 0 spiro atoms. The SMILES string of the molecule is CCCCCCCCCCC/C=C/C(O)C(CO)NC(=O)CCCCCCCCCCCCCCC/C=C\CCCCCCCCCCCCCCOC(=O)CCCCCCCCCCCCCC. The first-order chi connectivity index (χ1) is 34.0. The fourth-order valence-corrected chi connectivity index (χ4v) is 9.69. The van der Waals surface area contributed by atoms with Gasteiger partial charge in [0.25, 0.3) is 0 Å². The molecule has 0 aliphatic heterocycles. The number of carbonyl (C=O) groups excluding carboxylic acids is 2. The van der Waals surface area contributed by atoms with Gasteiger partial charge in [-0.2, -0.15) is 0 Å². The molecule has 2 atom stereocenters. The van der Waals surface area contributed by atoms with E-state index in [2.05, 4.69) is 31.3 Å². The summed E-state index contributed by atoms with van der Waals surface area (Å²) in [6.45, 7) is 4.91. The van der Waals surface area contributed by atoms with Crippen LogP contribution >= 0.6 is 0 Å². The van der Waals surface area contributed by atoms with E-state index in [1.807, 2.05) is 6.08 Å². The molecule has 408 valence electrons. The minimum Gasteiger partial charge on any atom is -0.466 e. The van der Waals surface area contributed by atoms with Gasteiger partial charge in [0.05, 0.1) is 25.4 Å². The summed E-state index contributed by atoms with van der Waals surface area (Å²) in [5, 5.41) is 23.0. The molecule has 69 heavy (non-hydrogen) atoms. The Hall–Kier alpha value is -1.66. The van der Waals surface area contributed by atoms with Crippen LogP contribution in [0, 0.1) is 0 Å². The van der Waals surface area contributed by atoms with Gasteiger partial charge in [-0.05, 0) is 57.8 Å². The van der Waals surface area contributed by atoms with Crippen molar-refractivity contribution < 1.29 is 24.5 Å². The smallest absolute Gasteiger partial charge is 0.305 e. The van der Waals surface area contributed by atoms with Crippen molar-refractivity contribution in [2.75, 3.05) is 13.2 Å². The topological polar surface area (TPSA) is 95.9 Å². The fourth-order valence-electron chi connectivity index (χ4n) is 9.69. The number of nitrogens with one attached hydrogen (secondary N) is 1. The van der Waals surface area contributed by atoms with E-state index in [-0.39, 0.29) is 18.5 Å². The van der Waals surface area contributed by atoms with Crippen molar-refractivity contribution in [3.8, 4) is 0 Å². The van der Waals surface area contributed by atoms with Gasteiger partial charge in [0.1, 0.15) is 0 Å². The number of hydrogen-bond donors (Lipinski definition) is 3. The maximum absolute atomic E-state index is 12.4. The number of ether oxygens (including phenoxy) is 1. The Morgan fingerprint density at radius 1 is 0.391 bits per heavy atom.